The molecule has 2 aromatic rings. The minimum atomic E-state index is -3.23. The van der Waals surface area contributed by atoms with Gasteiger partial charge >= 0.3 is 0 Å². The highest BCUT2D eigenvalue weighted by Crippen LogP contribution is 2.27. The van der Waals surface area contributed by atoms with Gasteiger partial charge in [0.1, 0.15) is 0 Å². The number of amides is 1. The summed E-state index contributed by atoms with van der Waals surface area (Å²) < 4.78 is 25.2. The lowest BCUT2D eigenvalue weighted by molar-refractivity contribution is 0.102. The van der Waals surface area contributed by atoms with Crippen LogP contribution >= 0.6 is 0 Å². The number of hydrogen-bond donors (Lipinski definition) is 1. The van der Waals surface area contributed by atoms with Gasteiger partial charge in [-0.15, -0.1) is 0 Å². The van der Waals surface area contributed by atoms with Crippen molar-refractivity contribution in [1.82, 2.24) is 9.21 Å². The van der Waals surface area contributed by atoms with E-state index in [9.17, 15) is 13.2 Å². The average molecular weight is 430 g/mol. The van der Waals surface area contributed by atoms with Gasteiger partial charge in [0.05, 0.1) is 6.26 Å². The molecule has 0 saturated carbocycles. The van der Waals surface area contributed by atoms with Crippen molar-refractivity contribution in [3.63, 3.8) is 0 Å². The molecule has 0 aliphatic carbocycles. The number of rotatable bonds is 7. The molecule has 0 saturated heterocycles. The number of nitrogens with zero attached hydrogens (tertiary/aromatic N) is 2. The monoisotopic (exact) mass is 429 g/mol. The van der Waals surface area contributed by atoms with Gasteiger partial charge in [-0.1, -0.05) is 31.2 Å². The number of hydrogen-bond acceptors (Lipinski definition) is 4. The van der Waals surface area contributed by atoms with Crippen molar-refractivity contribution < 1.29 is 13.2 Å². The van der Waals surface area contributed by atoms with Crippen LogP contribution in [0.5, 0.6) is 0 Å². The Morgan fingerprint density at radius 3 is 2.47 bits per heavy atom. The van der Waals surface area contributed by atoms with E-state index in [1.54, 1.807) is 0 Å². The summed E-state index contributed by atoms with van der Waals surface area (Å²) >= 11 is 0. The fourth-order valence-electron chi connectivity index (χ4n) is 3.83. The Morgan fingerprint density at radius 1 is 1.17 bits per heavy atom. The van der Waals surface area contributed by atoms with E-state index in [0.29, 0.717) is 31.1 Å². The maximum atomic E-state index is 12.8. The van der Waals surface area contributed by atoms with E-state index in [0.717, 1.165) is 29.9 Å². The molecular weight excluding hydrogens is 398 g/mol. The first-order chi connectivity index (χ1) is 14.2. The second kappa shape index (κ2) is 9.29. The molecule has 1 heterocycles. The maximum Gasteiger partial charge on any atom is 0.255 e. The van der Waals surface area contributed by atoms with E-state index in [-0.39, 0.29) is 5.91 Å². The van der Waals surface area contributed by atoms with Crippen LogP contribution in [0.25, 0.3) is 0 Å². The molecule has 6 nitrogen and oxygen atoms in total. The largest absolute Gasteiger partial charge is 0.322 e. The molecule has 2 aromatic carbocycles. The highest BCUT2D eigenvalue weighted by atomic mass is 32.2. The van der Waals surface area contributed by atoms with Gasteiger partial charge in [-0.3, -0.25) is 9.69 Å². The van der Waals surface area contributed by atoms with E-state index >= 15 is 0 Å². The molecule has 1 aliphatic rings. The summed E-state index contributed by atoms with van der Waals surface area (Å²) in [7, 11) is -3.23. The van der Waals surface area contributed by atoms with Crippen LogP contribution in [0.1, 0.15) is 47.8 Å². The fraction of sp³-hybridized carbons (Fsp3) is 0.435. The van der Waals surface area contributed by atoms with Gasteiger partial charge in [0.25, 0.3) is 5.91 Å². The molecule has 3 rings (SSSR count). The van der Waals surface area contributed by atoms with Crippen LogP contribution in [-0.4, -0.2) is 48.9 Å². The van der Waals surface area contributed by atoms with Crippen molar-refractivity contribution in [1.29, 1.82) is 0 Å². The average Bonchev–Trinajstić information content (AvgIpc) is 2.71. The molecule has 0 spiro atoms. The highest BCUT2D eigenvalue weighted by Gasteiger charge is 2.25. The number of fused-ring (bicyclic) bond motifs is 1. The van der Waals surface area contributed by atoms with Crippen LogP contribution in [-0.2, 0) is 29.5 Å². The molecule has 0 radical (unpaired) electrons. The Balaban J connectivity index is 1.71. The van der Waals surface area contributed by atoms with Gasteiger partial charge in [-0.2, -0.15) is 4.31 Å². The van der Waals surface area contributed by atoms with Crippen LogP contribution in [0.2, 0.25) is 0 Å². The molecule has 1 aliphatic heterocycles. The minimum absolute atomic E-state index is 0.156. The molecule has 1 amide bonds. The van der Waals surface area contributed by atoms with E-state index in [2.05, 4.69) is 31.0 Å². The standard InChI is InChI=1S/C23H31N3O3S/c1-5-25(17(2)3)15-18-9-11-19(12-10-18)23(27)24-22-8-6-7-20-16-26(30(4,28)29)14-13-21(20)22/h6-12,17H,5,13-16H2,1-4H3,(H,24,27). The quantitative estimate of drug-likeness (QED) is 0.732. The number of anilines is 1. The molecule has 0 bridgehead atoms. The molecule has 0 atom stereocenters. The van der Waals surface area contributed by atoms with Gasteiger partial charge in [0.15, 0.2) is 0 Å². The SMILES string of the molecule is CCN(Cc1ccc(C(=O)Nc2cccc3c2CCN(S(C)(=O)=O)C3)cc1)C(C)C. The molecule has 7 heteroatoms. The van der Waals surface area contributed by atoms with Crippen LogP contribution in [0, 0.1) is 0 Å². The van der Waals surface area contributed by atoms with E-state index in [1.807, 2.05) is 42.5 Å². The summed E-state index contributed by atoms with van der Waals surface area (Å²) in [5.74, 6) is -0.156. The van der Waals surface area contributed by atoms with Crippen molar-refractivity contribution in [2.24, 2.45) is 0 Å². The predicted octanol–water partition coefficient (Wildman–Crippen LogP) is 3.49. The van der Waals surface area contributed by atoms with Crippen LogP contribution in [0.4, 0.5) is 5.69 Å². The molecule has 0 fully saturated rings. The topological polar surface area (TPSA) is 69.7 Å². The first-order valence-electron chi connectivity index (χ1n) is 10.4. The fourth-order valence-corrected chi connectivity index (χ4v) is 4.63. The number of sulfonamides is 1. The maximum absolute atomic E-state index is 12.8. The molecular formula is C23H31N3O3S. The molecule has 1 N–H and O–H groups in total. The Labute approximate surface area is 179 Å². The van der Waals surface area contributed by atoms with Crippen LogP contribution in [0.3, 0.4) is 0 Å². The lowest BCUT2D eigenvalue weighted by Crippen LogP contribution is -2.35. The second-order valence-electron chi connectivity index (χ2n) is 8.10. The molecule has 0 aromatic heterocycles. The summed E-state index contributed by atoms with van der Waals surface area (Å²) in [6.07, 6.45) is 1.81. The predicted molar refractivity (Wildman–Crippen MR) is 121 cm³/mol. The van der Waals surface area contributed by atoms with Crippen molar-refractivity contribution in [2.45, 2.75) is 46.3 Å². The highest BCUT2D eigenvalue weighted by molar-refractivity contribution is 7.88. The zero-order valence-electron chi connectivity index (χ0n) is 18.2. The van der Waals surface area contributed by atoms with E-state index in [4.69, 9.17) is 0 Å². The third-order valence-corrected chi connectivity index (χ3v) is 6.94. The zero-order chi connectivity index (χ0) is 21.9. The molecule has 0 unspecified atom stereocenters. The van der Waals surface area contributed by atoms with Crippen molar-refractivity contribution in [2.75, 3.05) is 24.7 Å². The van der Waals surface area contributed by atoms with Gasteiger partial charge in [-0.25, -0.2) is 8.42 Å². The van der Waals surface area contributed by atoms with Crippen molar-refractivity contribution in [3.05, 3.63) is 64.7 Å². The normalized spacial score (nSPS) is 14.7. The van der Waals surface area contributed by atoms with E-state index < -0.39 is 10.0 Å². The summed E-state index contributed by atoms with van der Waals surface area (Å²) in [6.45, 7) is 9.13. The molecule has 30 heavy (non-hydrogen) atoms. The van der Waals surface area contributed by atoms with Crippen molar-refractivity contribution >= 4 is 21.6 Å². The minimum Gasteiger partial charge on any atom is -0.322 e. The summed E-state index contributed by atoms with van der Waals surface area (Å²) in [6, 6.07) is 13.9. The van der Waals surface area contributed by atoms with E-state index in [1.165, 1.54) is 16.1 Å². The zero-order valence-corrected chi connectivity index (χ0v) is 19.0. The lowest BCUT2D eigenvalue weighted by Gasteiger charge is -2.28. The number of nitrogens with one attached hydrogen (secondary N) is 1. The summed E-state index contributed by atoms with van der Waals surface area (Å²) in [5.41, 5.74) is 4.50. The first kappa shape index (κ1) is 22.5. The first-order valence-corrected chi connectivity index (χ1v) is 12.2. The number of benzene rings is 2. The number of carbonyl (C=O) groups excluding carboxylic acids is 1. The third-order valence-electron chi connectivity index (χ3n) is 5.69. The van der Waals surface area contributed by atoms with Gasteiger partial charge in [0.2, 0.25) is 10.0 Å². The second-order valence-corrected chi connectivity index (χ2v) is 10.1. The third kappa shape index (κ3) is 5.28. The van der Waals surface area contributed by atoms with Gasteiger partial charge < -0.3 is 5.32 Å². The van der Waals surface area contributed by atoms with Crippen LogP contribution < -0.4 is 5.32 Å². The Hall–Kier alpha value is -2.22. The Bertz CT molecular complexity index is 1000. The van der Waals surface area contributed by atoms with Gasteiger partial charge in [-0.05, 0) is 61.7 Å². The van der Waals surface area contributed by atoms with Crippen LogP contribution in [0.15, 0.2) is 42.5 Å². The van der Waals surface area contributed by atoms with Gasteiger partial charge in [0, 0.05) is 36.9 Å². The number of carbonyl (C=O) groups is 1. The van der Waals surface area contributed by atoms with Crippen molar-refractivity contribution in [3.8, 4) is 0 Å². The smallest absolute Gasteiger partial charge is 0.255 e. The molecule has 162 valence electrons. The Kier molecular flexibility index (Phi) is 6.95. The summed E-state index contributed by atoms with van der Waals surface area (Å²) in [4.78, 5) is 15.2. The lowest BCUT2D eigenvalue weighted by atomic mass is 9.99. The Morgan fingerprint density at radius 2 is 1.87 bits per heavy atom. The summed E-state index contributed by atoms with van der Waals surface area (Å²) in [5, 5.41) is 3.01.